The summed E-state index contributed by atoms with van der Waals surface area (Å²) in [5, 5.41) is 2.74. The summed E-state index contributed by atoms with van der Waals surface area (Å²) in [6.45, 7) is 8.54. The molecule has 0 radical (unpaired) electrons. The van der Waals surface area contributed by atoms with Crippen molar-refractivity contribution in [2.45, 2.75) is 40.2 Å². The van der Waals surface area contributed by atoms with E-state index in [1.165, 1.54) is 11.3 Å². The lowest BCUT2D eigenvalue weighted by Gasteiger charge is -2.28. The van der Waals surface area contributed by atoms with Gasteiger partial charge in [-0.1, -0.05) is 20.8 Å². The molecule has 0 aliphatic heterocycles. The van der Waals surface area contributed by atoms with E-state index in [2.05, 4.69) is 4.98 Å². The number of ketones is 1. The topological polar surface area (TPSA) is 39.2 Å². The van der Waals surface area contributed by atoms with E-state index in [4.69, 9.17) is 4.74 Å². The molecule has 1 unspecified atom stereocenters. The monoisotopic (exact) mass is 241 g/mol. The lowest BCUT2D eigenvalue weighted by atomic mass is 9.85. The lowest BCUT2D eigenvalue weighted by Crippen LogP contribution is -2.38. The minimum Gasteiger partial charge on any atom is -0.370 e. The quantitative estimate of drug-likeness (QED) is 0.795. The fourth-order valence-electron chi connectivity index (χ4n) is 1.57. The maximum atomic E-state index is 12.1. The zero-order valence-corrected chi connectivity index (χ0v) is 11.1. The Bertz CT molecular complexity index is 327. The predicted molar refractivity (Wildman–Crippen MR) is 65.7 cm³/mol. The van der Waals surface area contributed by atoms with Gasteiger partial charge in [-0.2, -0.15) is 0 Å². The van der Waals surface area contributed by atoms with Crippen LogP contribution in [0.3, 0.4) is 0 Å². The maximum Gasteiger partial charge on any atom is 0.168 e. The van der Waals surface area contributed by atoms with Gasteiger partial charge in [-0.25, -0.2) is 4.98 Å². The molecule has 1 aromatic heterocycles. The largest absolute Gasteiger partial charge is 0.370 e. The number of thiazole rings is 1. The van der Waals surface area contributed by atoms with E-state index < -0.39 is 0 Å². The van der Waals surface area contributed by atoms with Crippen LogP contribution in [0, 0.1) is 5.41 Å². The molecule has 0 N–H and O–H groups in total. The van der Waals surface area contributed by atoms with E-state index in [0.717, 1.165) is 5.01 Å². The second kappa shape index (κ2) is 5.55. The molecule has 0 spiro atoms. The van der Waals surface area contributed by atoms with Gasteiger partial charge in [0.25, 0.3) is 0 Å². The summed E-state index contributed by atoms with van der Waals surface area (Å²) < 4.78 is 5.54. The van der Waals surface area contributed by atoms with Gasteiger partial charge >= 0.3 is 0 Å². The predicted octanol–water partition coefficient (Wildman–Crippen LogP) is 2.71. The highest BCUT2D eigenvalue weighted by Crippen LogP contribution is 2.24. The van der Waals surface area contributed by atoms with Crippen LogP contribution in [0.1, 0.15) is 32.7 Å². The highest BCUT2D eigenvalue weighted by molar-refractivity contribution is 7.09. The average molecular weight is 241 g/mol. The molecule has 1 aromatic rings. The van der Waals surface area contributed by atoms with E-state index >= 15 is 0 Å². The first-order chi connectivity index (χ1) is 7.45. The molecule has 0 aliphatic rings. The first-order valence-electron chi connectivity index (χ1n) is 5.48. The summed E-state index contributed by atoms with van der Waals surface area (Å²) in [6, 6.07) is 0. The van der Waals surface area contributed by atoms with Crippen LogP contribution < -0.4 is 0 Å². The molecule has 1 atom stereocenters. The van der Waals surface area contributed by atoms with Gasteiger partial charge < -0.3 is 4.74 Å². The van der Waals surface area contributed by atoms with Gasteiger partial charge in [-0.3, -0.25) is 4.79 Å². The number of hydrogen-bond donors (Lipinski definition) is 0. The van der Waals surface area contributed by atoms with E-state index in [0.29, 0.717) is 13.0 Å². The van der Waals surface area contributed by atoms with Crippen molar-refractivity contribution in [2.75, 3.05) is 6.61 Å². The molecule has 0 aliphatic carbocycles. The van der Waals surface area contributed by atoms with Gasteiger partial charge in [0.15, 0.2) is 5.78 Å². The van der Waals surface area contributed by atoms with Crippen LogP contribution in [0.4, 0.5) is 0 Å². The summed E-state index contributed by atoms with van der Waals surface area (Å²) in [7, 11) is 0. The van der Waals surface area contributed by atoms with E-state index in [-0.39, 0.29) is 17.3 Å². The fraction of sp³-hybridized carbons (Fsp3) is 0.667. The maximum absolute atomic E-state index is 12.1. The zero-order valence-electron chi connectivity index (χ0n) is 10.3. The molecule has 0 aromatic carbocycles. The van der Waals surface area contributed by atoms with E-state index in [1.807, 2.05) is 33.1 Å². The molecule has 1 rings (SSSR count). The number of rotatable bonds is 5. The SMILES string of the molecule is CCOC(C(=O)Cc1nccs1)C(C)(C)C. The molecule has 1 heterocycles. The molecule has 0 saturated heterocycles. The first-order valence-corrected chi connectivity index (χ1v) is 6.35. The van der Waals surface area contributed by atoms with Crippen molar-refractivity contribution in [1.29, 1.82) is 0 Å². The molecule has 90 valence electrons. The number of hydrogen-bond acceptors (Lipinski definition) is 4. The van der Waals surface area contributed by atoms with Gasteiger partial charge in [0.2, 0.25) is 0 Å². The molecule has 3 nitrogen and oxygen atoms in total. The molecular weight excluding hydrogens is 222 g/mol. The van der Waals surface area contributed by atoms with Crippen molar-refractivity contribution in [2.24, 2.45) is 5.41 Å². The van der Waals surface area contributed by atoms with Crippen LogP contribution in [-0.2, 0) is 16.0 Å². The van der Waals surface area contributed by atoms with Crippen LogP contribution in [-0.4, -0.2) is 23.5 Å². The van der Waals surface area contributed by atoms with Crippen LogP contribution in [0.5, 0.6) is 0 Å². The summed E-state index contributed by atoms with van der Waals surface area (Å²) in [6.07, 6.45) is 1.75. The third-order valence-electron chi connectivity index (χ3n) is 2.22. The van der Waals surface area contributed by atoms with Crippen molar-refractivity contribution in [3.63, 3.8) is 0 Å². The Morgan fingerprint density at radius 3 is 2.69 bits per heavy atom. The number of carbonyl (C=O) groups is 1. The van der Waals surface area contributed by atoms with E-state index in [9.17, 15) is 4.79 Å². The van der Waals surface area contributed by atoms with Gasteiger partial charge in [0, 0.05) is 18.2 Å². The number of nitrogens with zero attached hydrogens (tertiary/aromatic N) is 1. The normalized spacial score (nSPS) is 13.8. The molecule has 0 fully saturated rings. The second-order valence-electron chi connectivity index (χ2n) is 4.77. The smallest absolute Gasteiger partial charge is 0.168 e. The van der Waals surface area contributed by atoms with Crippen molar-refractivity contribution >= 4 is 17.1 Å². The molecule has 0 amide bonds. The van der Waals surface area contributed by atoms with Crippen molar-refractivity contribution in [3.8, 4) is 0 Å². The first kappa shape index (κ1) is 13.3. The molecular formula is C12H19NO2S. The van der Waals surface area contributed by atoms with Crippen molar-refractivity contribution in [3.05, 3.63) is 16.6 Å². The Balaban J connectivity index is 2.68. The average Bonchev–Trinajstić information content (AvgIpc) is 2.64. The van der Waals surface area contributed by atoms with Crippen LogP contribution >= 0.6 is 11.3 Å². The van der Waals surface area contributed by atoms with Crippen LogP contribution in [0.15, 0.2) is 11.6 Å². The van der Waals surface area contributed by atoms with Crippen molar-refractivity contribution in [1.82, 2.24) is 4.98 Å². The Morgan fingerprint density at radius 2 is 2.25 bits per heavy atom. The summed E-state index contributed by atoms with van der Waals surface area (Å²) in [5.41, 5.74) is -0.162. The molecule has 0 saturated carbocycles. The third-order valence-corrected chi connectivity index (χ3v) is 3.00. The fourth-order valence-corrected chi connectivity index (χ4v) is 2.20. The highest BCUT2D eigenvalue weighted by atomic mass is 32.1. The summed E-state index contributed by atoms with van der Waals surface area (Å²) in [4.78, 5) is 16.2. The lowest BCUT2D eigenvalue weighted by molar-refractivity contribution is -0.136. The van der Waals surface area contributed by atoms with Gasteiger partial charge in [0.1, 0.15) is 6.10 Å². The Kier molecular flexibility index (Phi) is 4.62. The second-order valence-corrected chi connectivity index (χ2v) is 5.75. The number of ether oxygens (including phenoxy) is 1. The number of Topliss-reactive ketones (excluding diaryl/α,β-unsaturated/α-hetero) is 1. The number of aromatic nitrogens is 1. The van der Waals surface area contributed by atoms with Crippen LogP contribution in [0.2, 0.25) is 0 Å². The molecule has 4 heteroatoms. The highest BCUT2D eigenvalue weighted by Gasteiger charge is 2.31. The Labute approximate surface area is 101 Å². The van der Waals surface area contributed by atoms with Crippen LogP contribution in [0.25, 0.3) is 0 Å². The minimum absolute atomic E-state index is 0.115. The zero-order chi connectivity index (χ0) is 12.2. The Morgan fingerprint density at radius 1 is 1.56 bits per heavy atom. The van der Waals surface area contributed by atoms with Gasteiger partial charge in [-0.15, -0.1) is 11.3 Å². The third kappa shape index (κ3) is 3.68. The minimum atomic E-state index is -0.346. The molecule has 16 heavy (non-hydrogen) atoms. The van der Waals surface area contributed by atoms with E-state index in [1.54, 1.807) is 6.20 Å². The van der Waals surface area contributed by atoms with Gasteiger partial charge in [0.05, 0.1) is 11.4 Å². The van der Waals surface area contributed by atoms with Gasteiger partial charge in [-0.05, 0) is 12.3 Å². The Hall–Kier alpha value is -0.740. The number of carbonyl (C=O) groups excluding carboxylic acids is 1. The van der Waals surface area contributed by atoms with Crippen molar-refractivity contribution < 1.29 is 9.53 Å². The molecule has 0 bridgehead atoms. The summed E-state index contributed by atoms with van der Waals surface area (Å²) in [5.74, 6) is 0.115. The summed E-state index contributed by atoms with van der Waals surface area (Å²) >= 11 is 1.51. The standard InChI is InChI=1S/C12H19NO2S/c1-5-15-11(12(2,3)4)9(14)8-10-13-6-7-16-10/h6-7,11H,5,8H2,1-4H3.